The van der Waals surface area contributed by atoms with Crippen molar-refractivity contribution in [2.24, 2.45) is 5.73 Å². The van der Waals surface area contributed by atoms with Gasteiger partial charge in [-0.3, -0.25) is 67.3 Å². The maximum atomic E-state index is 15.5. The average molecular weight is 1560 g/mol. The number of H-pyrrole nitrogens is 1. The number of aryl methyl sites for hydroxylation is 2. The first-order valence-corrected chi connectivity index (χ1v) is 36.0. The maximum absolute atomic E-state index is 15.5. The van der Waals surface area contributed by atoms with E-state index in [-0.39, 0.29) is 37.8 Å². The van der Waals surface area contributed by atoms with Gasteiger partial charge in [-0.25, -0.2) is 9.37 Å². The van der Waals surface area contributed by atoms with Crippen molar-refractivity contribution < 1.29 is 102 Å². The number of nitrogens with one attached hydrogen (secondary N) is 10. The lowest BCUT2D eigenvalue weighted by Crippen LogP contribution is -2.67. The SMILES string of the molecule is CCc1cc(OC)ccc1-c1ccc(C[C@H](NC(=O)[C@H](CC(=O)O)NC(=O)[C@H](CO)NC(=O)[C@@H](NC(=O)C(C)(Cc2ccccc2F)NC(=O)[C@@H](NC(=O)CNC(=O)[C@H](CCC(=O)O)NC(=O)C2(C)CCCN2C(=O)[C@@H](O)Cc2c[nH]cn2)[C@@H](C)O)[C@@H](C)O)C(=O)N[C@@H](Cc2ccc(-c3ccccc3C)nc2)C(N)=O)cc1. The van der Waals surface area contributed by atoms with Crippen molar-refractivity contribution in [1.29, 1.82) is 0 Å². The Labute approximate surface area is 643 Å². The maximum Gasteiger partial charge on any atom is 0.305 e. The van der Waals surface area contributed by atoms with E-state index in [0.29, 0.717) is 41.1 Å². The molecule has 0 bridgehead atoms. The van der Waals surface area contributed by atoms with Gasteiger partial charge in [0.25, 0.3) is 5.91 Å². The summed E-state index contributed by atoms with van der Waals surface area (Å²) in [5.41, 5.74) is 7.87. The molecule has 1 saturated heterocycles. The lowest BCUT2D eigenvalue weighted by Gasteiger charge is -2.36. The summed E-state index contributed by atoms with van der Waals surface area (Å²) in [4.78, 5) is 191. The number of aliphatic hydroxyl groups is 4. The van der Waals surface area contributed by atoms with Crippen LogP contribution in [0.2, 0.25) is 0 Å². The van der Waals surface area contributed by atoms with E-state index in [1.807, 2.05) is 50.2 Å². The highest BCUT2D eigenvalue weighted by Crippen LogP contribution is 2.32. The fraction of sp³-hybridized carbons (Fsp3) is 0.416. The molecule has 12 atom stereocenters. The Hall–Kier alpha value is -12.1. The molecule has 3 heterocycles. The molecule has 2 aromatic heterocycles. The van der Waals surface area contributed by atoms with E-state index < -0.39 is 193 Å². The minimum Gasteiger partial charge on any atom is -0.497 e. The number of hydrogen-bond donors (Lipinski definition) is 17. The summed E-state index contributed by atoms with van der Waals surface area (Å²) in [5.74, 6) is -16.1. The van der Waals surface area contributed by atoms with E-state index in [4.69, 9.17) is 10.5 Å². The lowest BCUT2D eigenvalue weighted by atomic mass is 9.90. The topological polar surface area (TPSA) is 532 Å². The number of benzene rings is 4. The van der Waals surface area contributed by atoms with E-state index in [2.05, 4.69) is 62.8 Å². The summed E-state index contributed by atoms with van der Waals surface area (Å²) in [6.45, 7) is 6.10. The number of aromatic amines is 1. The molecule has 2 unspecified atom stereocenters. The number of carbonyl (C=O) groups excluding carboxylic acids is 11. The van der Waals surface area contributed by atoms with Gasteiger partial charge < -0.3 is 98.8 Å². The molecular weight excluding hydrogens is 1460 g/mol. The number of aliphatic carboxylic acids is 2. The molecule has 112 heavy (non-hydrogen) atoms. The summed E-state index contributed by atoms with van der Waals surface area (Å²) >= 11 is 0. The molecule has 1 aliphatic rings. The Balaban J connectivity index is 1.05. The normalized spacial score (nSPS) is 16.4. The van der Waals surface area contributed by atoms with Crippen molar-refractivity contribution in [3.8, 4) is 28.1 Å². The number of carbonyl (C=O) groups is 13. The van der Waals surface area contributed by atoms with Crippen LogP contribution in [-0.4, -0.2) is 226 Å². The van der Waals surface area contributed by atoms with Gasteiger partial charge in [0.2, 0.25) is 59.1 Å². The first kappa shape index (κ1) is 87.1. The van der Waals surface area contributed by atoms with E-state index in [1.165, 1.54) is 43.8 Å². The number of amides is 11. The fourth-order valence-corrected chi connectivity index (χ4v) is 12.7. The number of methoxy groups -OCH3 is 1. The molecule has 1 fully saturated rings. The highest BCUT2D eigenvalue weighted by atomic mass is 19.1. The van der Waals surface area contributed by atoms with Gasteiger partial charge in [0.1, 0.15) is 71.0 Å². The molecule has 0 aliphatic carbocycles. The van der Waals surface area contributed by atoms with Crippen LogP contribution in [0.15, 0.2) is 122 Å². The van der Waals surface area contributed by atoms with Crippen molar-refractivity contribution in [3.63, 3.8) is 0 Å². The number of carboxylic acid groups (broad SMARTS) is 2. The van der Waals surface area contributed by atoms with Gasteiger partial charge in [-0.2, -0.15) is 0 Å². The monoisotopic (exact) mass is 1550 g/mol. The lowest BCUT2D eigenvalue weighted by molar-refractivity contribution is -0.151. The van der Waals surface area contributed by atoms with Gasteiger partial charge in [-0.1, -0.05) is 85.8 Å². The number of halogens is 1. The molecule has 34 nitrogen and oxygen atoms in total. The van der Waals surface area contributed by atoms with Crippen molar-refractivity contribution in [2.45, 2.75) is 177 Å². The molecule has 1 aliphatic heterocycles. The second-order valence-electron chi connectivity index (χ2n) is 27.7. The molecule has 0 radical (unpaired) electrons. The first-order chi connectivity index (χ1) is 53.1. The summed E-state index contributed by atoms with van der Waals surface area (Å²) in [7, 11) is 1.54. The van der Waals surface area contributed by atoms with Crippen LogP contribution in [-0.2, 0) is 94.4 Å². The fourth-order valence-electron chi connectivity index (χ4n) is 12.7. The standard InChI is InChI=1S/C77H95FN14O20/c1-8-46-32-50(112-7)23-24-52(46)47-21-18-44(19-22-47)30-57(68(104)84-56(66(79)102)31-45-20-25-54(81-36-45)51-16-11-9-14-41(51)2)85-69(105)58(34-63(100)101)86-70(106)59(39-93)87-71(107)64(42(3)94)90-74(110)76(5,35-48-15-10-12-17-53(48)78)91-72(108)65(43(4)95)89-61(97)38-82-67(103)55(26-27-62(98)99)88-75(111)77(6)28-13-29-92(77)73(109)60(96)33-49-37-80-40-83-49/h9-12,14-25,32,36-37,40,42-43,55-60,64-65,93-96H,8,13,26-31,33-35,38-39H2,1-7H3,(H2,79,102)(H,80,83)(H,82,103)(H,84,104)(H,85,105)(H,86,106)(H,87,107)(H,88,111)(H,89,97)(H,90,110)(H,91,108)(H,98,99)(H,100,101)/t42-,43-,55+,56+,57+,58+,59+,60+,64+,65+,76?,77?/m1/s1. The summed E-state index contributed by atoms with van der Waals surface area (Å²) in [6.07, 6.45) is -3.83. The van der Waals surface area contributed by atoms with Crippen LogP contribution < -0.4 is 58.3 Å². The molecule has 11 amide bonds. The zero-order valence-corrected chi connectivity index (χ0v) is 62.7. The Morgan fingerprint density at radius 2 is 1.30 bits per heavy atom. The van der Waals surface area contributed by atoms with Crippen LogP contribution in [0.3, 0.4) is 0 Å². The minimum atomic E-state index is -2.44. The van der Waals surface area contributed by atoms with Gasteiger partial charge >= 0.3 is 11.9 Å². The van der Waals surface area contributed by atoms with Crippen molar-refractivity contribution >= 4 is 76.9 Å². The minimum absolute atomic E-state index is 0.0371. The molecule has 600 valence electrons. The zero-order valence-electron chi connectivity index (χ0n) is 62.7. The number of aliphatic hydroxyl groups excluding tert-OH is 4. The van der Waals surface area contributed by atoms with Crippen molar-refractivity contribution in [2.75, 3.05) is 26.8 Å². The first-order valence-electron chi connectivity index (χ1n) is 36.0. The number of carboxylic acids is 2. The molecule has 6 aromatic rings. The number of aromatic nitrogens is 3. The van der Waals surface area contributed by atoms with Crippen LogP contribution in [0.4, 0.5) is 4.39 Å². The Morgan fingerprint density at radius 1 is 0.679 bits per heavy atom. The third kappa shape index (κ3) is 23.7. The molecule has 18 N–H and O–H groups in total. The summed E-state index contributed by atoms with van der Waals surface area (Å²) < 4.78 is 20.9. The molecule has 7 rings (SSSR count). The quantitative estimate of drug-likeness (QED) is 0.0222. The molecular formula is C77H95FN14O20. The Morgan fingerprint density at radius 3 is 1.91 bits per heavy atom. The molecule has 35 heteroatoms. The number of primary amides is 1. The highest BCUT2D eigenvalue weighted by Gasteiger charge is 2.49. The summed E-state index contributed by atoms with van der Waals surface area (Å²) in [5, 5.41) is 83.9. The molecule has 0 saturated carbocycles. The van der Waals surface area contributed by atoms with Crippen LogP contribution in [0.1, 0.15) is 100 Å². The molecule has 4 aromatic carbocycles. The largest absolute Gasteiger partial charge is 0.497 e. The van der Waals surface area contributed by atoms with E-state index in [0.717, 1.165) is 59.6 Å². The van der Waals surface area contributed by atoms with Gasteiger partial charge in [0.05, 0.1) is 56.6 Å². The summed E-state index contributed by atoms with van der Waals surface area (Å²) in [6, 6.07) is 15.2. The predicted molar refractivity (Wildman–Crippen MR) is 399 cm³/mol. The average Bonchev–Trinajstić information content (AvgIpc) is 1.55. The Kier molecular flexibility index (Phi) is 31.2. The number of rotatable bonds is 40. The number of imidazole rings is 1. The van der Waals surface area contributed by atoms with Gasteiger partial charge in [0.15, 0.2) is 0 Å². The number of ether oxygens (including phenoxy) is 1. The molecule has 0 spiro atoms. The van der Waals surface area contributed by atoms with Crippen LogP contribution in [0, 0.1) is 12.7 Å². The number of hydrogen-bond acceptors (Lipinski definition) is 20. The third-order valence-corrected chi connectivity index (χ3v) is 19.1. The second kappa shape index (κ2) is 40.0. The van der Waals surface area contributed by atoms with E-state index in [9.17, 15) is 93.0 Å². The third-order valence-electron chi connectivity index (χ3n) is 19.1. The number of nitrogens with two attached hydrogens (primary N) is 1. The Bertz CT molecular complexity index is 4380. The number of nitrogens with zero attached hydrogens (tertiary/aromatic N) is 3. The van der Waals surface area contributed by atoms with Crippen LogP contribution in [0.5, 0.6) is 5.75 Å². The van der Waals surface area contributed by atoms with Crippen molar-refractivity contribution in [3.05, 3.63) is 161 Å². The predicted octanol–water partition coefficient (Wildman–Crippen LogP) is -0.867. The highest BCUT2D eigenvalue weighted by molar-refractivity contribution is 6.01. The van der Waals surface area contributed by atoms with Crippen molar-refractivity contribution in [1.82, 2.24) is 67.7 Å². The van der Waals surface area contributed by atoms with Crippen LogP contribution >= 0.6 is 0 Å². The number of pyridine rings is 1. The smallest absolute Gasteiger partial charge is 0.305 e. The second-order valence-corrected chi connectivity index (χ2v) is 27.7. The van der Waals surface area contributed by atoms with Gasteiger partial charge in [-0.05, 0) is 124 Å². The van der Waals surface area contributed by atoms with Crippen LogP contribution in [0.25, 0.3) is 22.4 Å². The van der Waals surface area contributed by atoms with Gasteiger partial charge in [-0.15, -0.1) is 0 Å². The zero-order chi connectivity index (χ0) is 82.3. The number of likely N-dealkylation sites (tertiary alicyclic amines) is 1. The van der Waals surface area contributed by atoms with E-state index in [1.54, 1.807) is 49.6 Å². The van der Waals surface area contributed by atoms with Gasteiger partial charge in [0, 0.05) is 56.6 Å². The van der Waals surface area contributed by atoms with E-state index >= 15 is 4.39 Å².